The molecule has 0 atom stereocenters. The Morgan fingerprint density at radius 3 is 2.85 bits per heavy atom. The smallest absolute Gasteiger partial charge is 0.317 e. The molecule has 0 aliphatic heterocycles. The van der Waals surface area contributed by atoms with Crippen LogP contribution in [0, 0.1) is 6.92 Å². The number of nitrogens with zero attached hydrogens (tertiary/aromatic N) is 3. The first kappa shape index (κ1) is 14.9. The number of nitrogens with one attached hydrogen (secondary N) is 1. The molecule has 1 heterocycles. The molecule has 1 saturated carbocycles. The van der Waals surface area contributed by atoms with Crippen molar-refractivity contribution in [2.24, 2.45) is 0 Å². The topological polar surface area (TPSA) is 50.2 Å². The number of carbonyl (C=O) groups excluding carboxylic acids is 1. The van der Waals surface area contributed by atoms with Crippen molar-refractivity contribution >= 4 is 6.03 Å². The van der Waals surface area contributed by atoms with E-state index in [1.54, 1.807) is 0 Å². The van der Waals surface area contributed by atoms with E-state index < -0.39 is 0 Å². The molecule has 20 heavy (non-hydrogen) atoms. The zero-order valence-corrected chi connectivity index (χ0v) is 12.6. The fourth-order valence-electron chi connectivity index (χ4n) is 2.84. The summed E-state index contributed by atoms with van der Waals surface area (Å²) in [6.07, 6.45) is 10.8. The van der Waals surface area contributed by atoms with Gasteiger partial charge < -0.3 is 14.8 Å². The Morgan fingerprint density at radius 2 is 2.20 bits per heavy atom. The van der Waals surface area contributed by atoms with Gasteiger partial charge in [-0.15, -0.1) is 0 Å². The Kier molecular flexibility index (Phi) is 5.44. The summed E-state index contributed by atoms with van der Waals surface area (Å²) in [5, 5.41) is 3.01. The molecule has 0 bridgehead atoms. The lowest BCUT2D eigenvalue weighted by molar-refractivity contribution is 0.173. The van der Waals surface area contributed by atoms with E-state index in [2.05, 4.69) is 14.9 Å². The third-order valence-electron chi connectivity index (χ3n) is 4.22. The Labute approximate surface area is 121 Å². The fraction of sp³-hybridized carbons (Fsp3) is 0.733. The molecule has 2 rings (SSSR count). The van der Waals surface area contributed by atoms with Gasteiger partial charge in [-0.2, -0.15) is 0 Å². The predicted molar refractivity (Wildman–Crippen MR) is 79.6 cm³/mol. The fourth-order valence-corrected chi connectivity index (χ4v) is 2.84. The second-order valence-corrected chi connectivity index (χ2v) is 5.66. The quantitative estimate of drug-likeness (QED) is 0.842. The monoisotopic (exact) mass is 278 g/mol. The number of imidazole rings is 1. The molecule has 0 radical (unpaired) electrons. The van der Waals surface area contributed by atoms with Gasteiger partial charge in [-0.25, -0.2) is 9.78 Å². The molecule has 1 N–H and O–H groups in total. The van der Waals surface area contributed by atoms with Crippen LogP contribution < -0.4 is 5.32 Å². The van der Waals surface area contributed by atoms with Crippen LogP contribution in [0.25, 0.3) is 0 Å². The summed E-state index contributed by atoms with van der Waals surface area (Å²) in [6, 6.07) is 0.499. The van der Waals surface area contributed by atoms with Crippen LogP contribution >= 0.6 is 0 Å². The van der Waals surface area contributed by atoms with Crippen molar-refractivity contribution in [3.63, 3.8) is 0 Å². The molecule has 1 aromatic heterocycles. The number of rotatable bonds is 5. The molecule has 1 aromatic rings. The van der Waals surface area contributed by atoms with Gasteiger partial charge in [0.25, 0.3) is 0 Å². The van der Waals surface area contributed by atoms with Crippen molar-refractivity contribution in [1.82, 2.24) is 19.8 Å². The molecule has 2 amide bonds. The van der Waals surface area contributed by atoms with Crippen molar-refractivity contribution < 1.29 is 4.79 Å². The van der Waals surface area contributed by atoms with Gasteiger partial charge in [-0.3, -0.25) is 0 Å². The number of urea groups is 1. The Bertz CT molecular complexity index is 423. The third-order valence-corrected chi connectivity index (χ3v) is 4.22. The lowest BCUT2D eigenvalue weighted by atomic mass is 9.95. The van der Waals surface area contributed by atoms with Crippen LogP contribution in [-0.4, -0.2) is 40.1 Å². The lowest BCUT2D eigenvalue weighted by Crippen LogP contribution is -2.44. The second kappa shape index (κ2) is 7.31. The SMILES string of the molecule is Cc1nccn1CCCNC(=O)N(C)C1CCCCC1. The summed E-state index contributed by atoms with van der Waals surface area (Å²) in [5.74, 6) is 1.02. The molecule has 0 aromatic carbocycles. The molecule has 1 fully saturated rings. The molecule has 1 aliphatic carbocycles. The highest BCUT2D eigenvalue weighted by Gasteiger charge is 2.21. The van der Waals surface area contributed by atoms with Gasteiger partial charge in [-0.1, -0.05) is 19.3 Å². The predicted octanol–water partition coefficient (Wildman–Crippen LogP) is 2.56. The van der Waals surface area contributed by atoms with E-state index in [0.717, 1.165) is 31.6 Å². The first-order chi connectivity index (χ1) is 9.68. The largest absolute Gasteiger partial charge is 0.338 e. The van der Waals surface area contributed by atoms with E-state index in [0.29, 0.717) is 12.6 Å². The number of aromatic nitrogens is 2. The summed E-state index contributed by atoms with van der Waals surface area (Å²) < 4.78 is 2.11. The van der Waals surface area contributed by atoms with Crippen LogP contribution in [0.3, 0.4) is 0 Å². The molecule has 112 valence electrons. The molecule has 0 unspecified atom stereocenters. The Morgan fingerprint density at radius 1 is 1.45 bits per heavy atom. The number of hydrogen-bond donors (Lipinski definition) is 1. The van der Waals surface area contributed by atoms with Crippen LogP contribution in [-0.2, 0) is 6.54 Å². The molecule has 0 spiro atoms. The number of amides is 2. The van der Waals surface area contributed by atoms with Crippen molar-refractivity contribution in [2.75, 3.05) is 13.6 Å². The zero-order valence-electron chi connectivity index (χ0n) is 12.6. The summed E-state index contributed by atoms with van der Waals surface area (Å²) >= 11 is 0. The maximum absolute atomic E-state index is 12.1. The molecule has 5 nitrogen and oxygen atoms in total. The summed E-state index contributed by atoms with van der Waals surface area (Å²) in [5.41, 5.74) is 0. The van der Waals surface area contributed by atoms with Crippen LogP contribution in [0.4, 0.5) is 4.79 Å². The number of hydrogen-bond acceptors (Lipinski definition) is 2. The Hall–Kier alpha value is -1.52. The second-order valence-electron chi connectivity index (χ2n) is 5.66. The van der Waals surface area contributed by atoms with E-state index >= 15 is 0 Å². The third kappa shape index (κ3) is 3.99. The number of carbonyl (C=O) groups is 1. The van der Waals surface area contributed by atoms with E-state index in [4.69, 9.17) is 0 Å². The van der Waals surface area contributed by atoms with E-state index in [-0.39, 0.29) is 6.03 Å². The maximum atomic E-state index is 12.1. The summed E-state index contributed by atoms with van der Waals surface area (Å²) in [6.45, 7) is 3.61. The van der Waals surface area contributed by atoms with E-state index in [1.807, 2.05) is 31.3 Å². The molecule has 0 saturated heterocycles. The van der Waals surface area contributed by atoms with E-state index in [9.17, 15) is 4.79 Å². The van der Waals surface area contributed by atoms with Gasteiger partial charge in [0.2, 0.25) is 0 Å². The van der Waals surface area contributed by atoms with Gasteiger partial charge in [0, 0.05) is 38.6 Å². The highest BCUT2D eigenvalue weighted by atomic mass is 16.2. The molecular weight excluding hydrogens is 252 g/mol. The minimum absolute atomic E-state index is 0.0688. The molecule has 5 heteroatoms. The summed E-state index contributed by atoms with van der Waals surface area (Å²) in [4.78, 5) is 18.1. The van der Waals surface area contributed by atoms with Crippen LogP contribution in [0.15, 0.2) is 12.4 Å². The number of aryl methyl sites for hydroxylation is 2. The normalized spacial score (nSPS) is 16.1. The first-order valence-electron chi connectivity index (χ1n) is 7.67. The van der Waals surface area contributed by atoms with Crippen LogP contribution in [0.5, 0.6) is 0 Å². The average Bonchev–Trinajstić information content (AvgIpc) is 2.89. The van der Waals surface area contributed by atoms with Crippen LogP contribution in [0.2, 0.25) is 0 Å². The van der Waals surface area contributed by atoms with Gasteiger partial charge in [0.05, 0.1) is 0 Å². The highest BCUT2D eigenvalue weighted by molar-refractivity contribution is 5.74. The average molecular weight is 278 g/mol. The highest BCUT2D eigenvalue weighted by Crippen LogP contribution is 2.21. The van der Waals surface area contributed by atoms with Gasteiger partial charge in [0.1, 0.15) is 5.82 Å². The van der Waals surface area contributed by atoms with E-state index in [1.165, 1.54) is 19.3 Å². The van der Waals surface area contributed by atoms with Crippen molar-refractivity contribution in [3.05, 3.63) is 18.2 Å². The molecular formula is C15H26N4O. The van der Waals surface area contributed by atoms with Gasteiger partial charge in [-0.05, 0) is 26.2 Å². The Balaban J connectivity index is 1.65. The van der Waals surface area contributed by atoms with Gasteiger partial charge >= 0.3 is 6.03 Å². The van der Waals surface area contributed by atoms with Crippen LogP contribution in [0.1, 0.15) is 44.3 Å². The standard InChI is InChI=1S/C15H26N4O/c1-13-16-10-12-19(13)11-6-9-17-15(20)18(2)14-7-4-3-5-8-14/h10,12,14H,3-9,11H2,1-2H3,(H,17,20). The lowest BCUT2D eigenvalue weighted by Gasteiger charge is -2.31. The summed E-state index contributed by atoms with van der Waals surface area (Å²) in [7, 11) is 1.92. The minimum Gasteiger partial charge on any atom is -0.338 e. The van der Waals surface area contributed by atoms with Crippen molar-refractivity contribution in [3.8, 4) is 0 Å². The zero-order chi connectivity index (χ0) is 14.4. The van der Waals surface area contributed by atoms with Crippen molar-refractivity contribution in [2.45, 2.75) is 58.0 Å². The van der Waals surface area contributed by atoms with Gasteiger partial charge in [0.15, 0.2) is 0 Å². The maximum Gasteiger partial charge on any atom is 0.317 e. The first-order valence-corrected chi connectivity index (χ1v) is 7.67. The molecule has 1 aliphatic rings. The minimum atomic E-state index is 0.0688. The van der Waals surface area contributed by atoms with Crippen molar-refractivity contribution in [1.29, 1.82) is 0 Å².